The number of hydrogen-bond acceptors (Lipinski definition) is 4. The second kappa shape index (κ2) is 12.2. The fraction of sp³-hybridized carbons (Fsp3) is 0.214. The summed E-state index contributed by atoms with van der Waals surface area (Å²) in [6.07, 6.45) is 25.8. The highest BCUT2D eigenvalue weighted by atomic mass is 14.5. The highest BCUT2D eigenvalue weighted by Crippen LogP contribution is 2.59. The molecule has 4 nitrogen and oxygen atoms in total. The summed E-state index contributed by atoms with van der Waals surface area (Å²) in [6.45, 7) is 0. The van der Waals surface area contributed by atoms with Crippen molar-refractivity contribution in [2.45, 2.75) is 63.2 Å². The Labute approximate surface area is 349 Å². The van der Waals surface area contributed by atoms with E-state index < -0.39 is 0 Å². The number of nitriles is 4. The maximum Gasteiger partial charge on any atom is 0.100 e. The Hall–Kier alpha value is -7.24. The van der Waals surface area contributed by atoms with Gasteiger partial charge in [-0.15, -0.1) is 0 Å². The highest BCUT2D eigenvalue weighted by Gasteiger charge is 2.42. The van der Waals surface area contributed by atoms with Gasteiger partial charge in [0.2, 0.25) is 0 Å². The number of hydrogen-bond donors (Lipinski definition) is 0. The number of rotatable bonds is 0. The molecule has 0 heterocycles. The molecule has 0 aromatic heterocycles. The monoisotopic (exact) mass is 764 g/mol. The maximum absolute atomic E-state index is 11.1. The van der Waals surface area contributed by atoms with Gasteiger partial charge in [-0.05, 0) is 107 Å². The number of benzene rings is 4. The molecule has 60 heavy (non-hydrogen) atoms. The molecular formula is C56H36N4. The van der Waals surface area contributed by atoms with Crippen molar-refractivity contribution in [2.24, 2.45) is 11.8 Å². The van der Waals surface area contributed by atoms with Crippen LogP contribution in [0.2, 0.25) is 0 Å². The molecule has 13 rings (SSSR count). The minimum atomic E-state index is -0.0151. The first-order valence-corrected chi connectivity index (χ1v) is 21.4. The Kier molecular flexibility index (Phi) is 6.83. The second-order valence-electron chi connectivity index (χ2n) is 18.2. The molecule has 9 aliphatic carbocycles. The Morgan fingerprint density at radius 2 is 0.800 bits per heavy atom. The third kappa shape index (κ3) is 4.41. The predicted molar refractivity (Wildman–Crippen MR) is 235 cm³/mol. The van der Waals surface area contributed by atoms with E-state index in [1.54, 1.807) is 0 Å². The third-order valence-corrected chi connectivity index (χ3v) is 15.5. The Balaban J connectivity index is 1.12. The largest absolute Gasteiger partial charge is 0.192 e. The summed E-state index contributed by atoms with van der Waals surface area (Å²) < 4.78 is 0. The molecule has 0 fully saturated rings. The first kappa shape index (κ1) is 33.7. The molecule has 4 heteroatoms. The summed E-state index contributed by atoms with van der Waals surface area (Å²) in [4.78, 5) is 0. The van der Waals surface area contributed by atoms with Crippen molar-refractivity contribution in [3.63, 3.8) is 0 Å². The molecule has 280 valence electrons. The van der Waals surface area contributed by atoms with Crippen molar-refractivity contribution in [3.05, 3.63) is 197 Å². The van der Waals surface area contributed by atoms with Crippen LogP contribution in [0.1, 0.15) is 108 Å². The van der Waals surface area contributed by atoms with Gasteiger partial charge in [0, 0.05) is 56.3 Å². The summed E-state index contributed by atoms with van der Waals surface area (Å²) in [5.41, 5.74) is 22.6. The van der Waals surface area contributed by atoms with Crippen molar-refractivity contribution in [1.82, 2.24) is 0 Å². The van der Waals surface area contributed by atoms with Gasteiger partial charge in [0.05, 0.1) is 22.3 Å². The Bertz CT molecular complexity index is 3140. The molecule has 8 bridgehead atoms. The summed E-state index contributed by atoms with van der Waals surface area (Å²) in [6, 6.07) is 26.8. The van der Waals surface area contributed by atoms with Crippen molar-refractivity contribution in [1.29, 1.82) is 21.0 Å². The van der Waals surface area contributed by atoms with Crippen LogP contribution < -0.4 is 0 Å². The average Bonchev–Trinajstić information content (AvgIpc) is 3.67. The number of fused-ring (bicyclic) bond motifs is 8. The zero-order valence-corrected chi connectivity index (χ0v) is 33.0. The quantitative estimate of drug-likeness (QED) is 0.178. The minimum Gasteiger partial charge on any atom is -0.192 e. The molecule has 0 spiro atoms. The fourth-order valence-electron chi connectivity index (χ4n) is 12.9. The van der Waals surface area contributed by atoms with E-state index in [1.807, 2.05) is 48.5 Å². The summed E-state index contributed by atoms with van der Waals surface area (Å²) in [5.74, 6) is 0.253. The molecular weight excluding hydrogens is 729 g/mol. The third-order valence-electron chi connectivity index (χ3n) is 15.5. The van der Waals surface area contributed by atoms with E-state index in [2.05, 4.69) is 72.9 Å². The van der Waals surface area contributed by atoms with Gasteiger partial charge < -0.3 is 0 Å². The van der Waals surface area contributed by atoms with Gasteiger partial charge >= 0.3 is 0 Å². The van der Waals surface area contributed by atoms with Gasteiger partial charge in [-0.1, -0.05) is 119 Å². The zero-order valence-electron chi connectivity index (χ0n) is 33.0. The summed E-state index contributed by atoms with van der Waals surface area (Å²) in [7, 11) is 0. The Morgan fingerprint density at radius 1 is 0.400 bits per heavy atom. The molecule has 0 N–H and O–H groups in total. The van der Waals surface area contributed by atoms with E-state index in [0.717, 1.165) is 106 Å². The normalized spacial score (nSPS) is 24.7. The van der Waals surface area contributed by atoms with Crippen LogP contribution in [0.5, 0.6) is 0 Å². The molecule has 0 saturated heterocycles. The van der Waals surface area contributed by atoms with Crippen molar-refractivity contribution < 1.29 is 0 Å². The van der Waals surface area contributed by atoms with Crippen LogP contribution in [0.4, 0.5) is 0 Å². The number of nitrogens with zero attached hydrogens (tertiary/aromatic N) is 4. The van der Waals surface area contributed by atoms with E-state index in [-0.39, 0.29) is 23.7 Å². The van der Waals surface area contributed by atoms with Crippen molar-refractivity contribution >= 4 is 32.7 Å². The van der Waals surface area contributed by atoms with E-state index in [0.29, 0.717) is 11.1 Å². The van der Waals surface area contributed by atoms with E-state index in [4.69, 9.17) is 0 Å². The van der Waals surface area contributed by atoms with Crippen LogP contribution in [0.3, 0.4) is 0 Å². The lowest BCUT2D eigenvalue weighted by atomic mass is 9.72. The SMILES string of the molecule is N#Cc1c2c(c(C#N)c3ccccc13)C1=C3C=C4CC5=C(C=CC4C1)CC1C(=C5)CC4=CC5=C(C=CC6CC2=C(C=C6C5)C3)CC4c2c1c(C#N)c1ccccc1c2C#N. The molecule has 0 aliphatic heterocycles. The number of allylic oxidation sites excluding steroid dienone is 20. The van der Waals surface area contributed by atoms with Crippen LogP contribution in [-0.2, 0) is 0 Å². The highest BCUT2D eigenvalue weighted by molar-refractivity contribution is 6.05. The van der Waals surface area contributed by atoms with Crippen LogP contribution >= 0.6 is 0 Å². The second-order valence-corrected chi connectivity index (χ2v) is 18.2. The first-order chi connectivity index (χ1) is 29.5. The first-order valence-electron chi connectivity index (χ1n) is 21.4. The molecule has 0 radical (unpaired) electrons. The lowest BCUT2D eigenvalue weighted by molar-refractivity contribution is 0.725. The van der Waals surface area contributed by atoms with Crippen LogP contribution in [-0.4, -0.2) is 0 Å². The van der Waals surface area contributed by atoms with E-state index >= 15 is 0 Å². The standard InChI is InChI=1S/C56H36N4/c57-25-49-41-5-1-2-6-42(41)50(26-58)54-46-22-30-11-12-32-24-48-40-18-36(32)14-34(30)16-38(46)19-37-15-33-13-35-17-39(20-40)47(23-31(35)10-9-29(33)21-45(37)53(49)54)55-51(27-59)43-7-3-4-8-44(43)52(28-60)56(48)55/h1-12,15-18,29-30,47-48H,13-14,19-24H2. The van der Waals surface area contributed by atoms with Gasteiger partial charge in [-0.2, -0.15) is 21.0 Å². The molecule has 0 amide bonds. The summed E-state index contributed by atoms with van der Waals surface area (Å²) >= 11 is 0. The molecule has 4 unspecified atom stereocenters. The lowest BCUT2D eigenvalue weighted by Gasteiger charge is -2.30. The zero-order chi connectivity index (χ0) is 40.0. The molecule has 9 aliphatic rings. The van der Waals surface area contributed by atoms with Crippen LogP contribution in [0, 0.1) is 57.2 Å². The molecule has 0 saturated carbocycles. The van der Waals surface area contributed by atoms with Crippen LogP contribution in [0.25, 0.3) is 32.7 Å². The maximum atomic E-state index is 11.1. The topological polar surface area (TPSA) is 95.2 Å². The van der Waals surface area contributed by atoms with Gasteiger partial charge in [0.25, 0.3) is 0 Å². The molecule has 4 aromatic rings. The van der Waals surface area contributed by atoms with E-state index in [1.165, 1.54) is 66.9 Å². The van der Waals surface area contributed by atoms with E-state index in [9.17, 15) is 21.0 Å². The smallest absolute Gasteiger partial charge is 0.100 e. The fourth-order valence-corrected chi connectivity index (χ4v) is 12.9. The lowest BCUT2D eigenvalue weighted by Crippen LogP contribution is -2.15. The predicted octanol–water partition coefficient (Wildman–Crippen LogP) is 12.7. The molecule has 4 atom stereocenters. The van der Waals surface area contributed by atoms with Crippen molar-refractivity contribution in [2.75, 3.05) is 0 Å². The van der Waals surface area contributed by atoms with Gasteiger partial charge in [0.1, 0.15) is 24.3 Å². The van der Waals surface area contributed by atoms with Gasteiger partial charge in [0.15, 0.2) is 0 Å². The van der Waals surface area contributed by atoms with Crippen molar-refractivity contribution in [3.8, 4) is 24.3 Å². The molecule has 4 aromatic carbocycles. The minimum absolute atomic E-state index is 0.0151. The Morgan fingerprint density at radius 3 is 1.22 bits per heavy atom. The van der Waals surface area contributed by atoms with Gasteiger partial charge in [-0.25, -0.2) is 0 Å². The van der Waals surface area contributed by atoms with Gasteiger partial charge in [-0.3, -0.25) is 0 Å². The average molecular weight is 765 g/mol. The summed E-state index contributed by atoms with van der Waals surface area (Å²) in [5, 5.41) is 47.8. The van der Waals surface area contributed by atoms with Crippen LogP contribution in [0.15, 0.2) is 153 Å².